The summed E-state index contributed by atoms with van der Waals surface area (Å²) in [6, 6.07) is 4.13. The molecule has 3 N–H and O–H groups in total. The molecule has 1 unspecified atom stereocenters. The maximum Gasteiger partial charge on any atom is 0.160 e. The van der Waals surface area contributed by atoms with Crippen molar-refractivity contribution in [3.63, 3.8) is 0 Å². The first kappa shape index (κ1) is 12.7. The Morgan fingerprint density at radius 2 is 1.89 bits per heavy atom. The molecule has 5 heteroatoms. The van der Waals surface area contributed by atoms with Gasteiger partial charge in [-0.1, -0.05) is 13.8 Å². The zero-order valence-electron chi connectivity index (χ0n) is 11.1. The average Bonchev–Trinajstić information content (AvgIpc) is 2.80. The van der Waals surface area contributed by atoms with Crippen LogP contribution in [0.25, 0.3) is 11.0 Å². The van der Waals surface area contributed by atoms with E-state index >= 15 is 0 Å². The van der Waals surface area contributed by atoms with Crippen LogP contribution in [0.3, 0.4) is 0 Å². The second kappa shape index (κ2) is 5.25. The highest BCUT2D eigenvalue weighted by molar-refractivity contribution is 5.94. The van der Waals surface area contributed by atoms with Crippen LogP contribution in [-0.2, 0) is 0 Å². The second-order valence-electron chi connectivity index (χ2n) is 5.18. The summed E-state index contributed by atoms with van der Waals surface area (Å²) in [5, 5.41) is 11.1. The number of anilines is 2. The van der Waals surface area contributed by atoms with Crippen LogP contribution in [0.5, 0.6) is 0 Å². The summed E-state index contributed by atoms with van der Waals surface area (Å²) in [6.07, 6.45) is 2.32. The number of rotatable bonds is 5. The van der Waals surface area contributed by atoms with Crippen LogP contribution in [0.4, 0.5) is 11.4 Å². The van der Waals surface area contributed by atoms with Gasteiger partial charge >= 0.3 is 0 Å². The molecule has 1 atom stereocenters. The van der Waals surface area contributed by atoms with Crippen molar-refractivity contribution in [2.45, 2.75) is 39.7 Å². The molecule has 1 aromatic heterocycles. The molecule has 0 spiro atoms. The fourth-order valence-electron chi connectivity index (χ4n) is 1.92. The van der Waals surface area contributed by atoms with E-state index in [1.165, 1.54) is 6.42 Å². The monoisotopic (exact) mass is 248 g/mol. The molecule has 0 aliphatic rings. The molecule has 0 bridgehead atoms. The van der Waals surface area contributed by atoms with Crippen molar-refractivity contribution in [2.24, 2.45) is 5.92 Å². The van der Waals surface area contributed by atoms with Crippen molar-refractivity contribution in [2.75, 3.05) is 11.1 Å². The Bertz CT molecular complexity index is 521. The standard InChI is InChI=1S/C13H20N4O/c1-8(2)4-5-9(3)15-11-7-6-10(14)12-13(11)17-18-16-12/h6-9,15H,4-5,14H2,1-3H3. The summed E-state index contributed by atoms with van der Waals surface area (Å²) in [7, 11) is 0. The largest absolute Gasteiger partial charge is 0.397 e. The van der Waals surface area contributed by atoms with E-state index in [0.29, 0.717) is 22.8 Å². The summed E-state index contributed by atoms with van der Waals surface area (Å²) in [5.41, 5.74) is 8.65. The van der Waals surface area contributed by atoms with E-state index in [1.54, 1.807) is 0 Å². The van der Waals surface area contributed by atoms with Crippen molar-refractivity contribution in [3.8, 4) is 0 Å². The Hall–Kier alpha value is -1.78. The van der Waals surface area contributed by atoms with E-state index in [4.69, 9.17) is 10.4 Å². The quantitative estimate of drug-likeness (QED) is 0.795. The SMILES string of the molecule is CC(C)CCC(C)Nc1ccc(N)c2nonc12. The van der Waals surface area contributed by atoms with Gasteiger partial charge in [0.15, 0.2) is 11.0 Å². The summed E-state index contributed by atoms with van der Waals surface area (Å²) < 4.78 is 4.75. The molecular formula is C13H20N4O. The van der Waals surface area contributed by atoms with E-state index in [9.17, 15) is 0 Å². The van der Waals surface area contributed by atoms with Crippen molar-refractivity contribution in [3.05, 3.63) is 12.1 Å². The van der Waals surface area contributed by atoms with E-state index < -0.39 is 0 Å². The average molecular weight is 248 g/mol. The molecular weight excluding hydrogens is 228 g/mol. The van der Waals surface area contributed by atoms with Gasteiger partial charge in [0.1, 0.15) is 0 Å². The van der Waals surface area contributed by atoms with Crippen LogP contribution in [0, 0.1) is 5.92 Å². The summed E-state index contributed by atoms with van der Waals surface area (Å²) in [6.45, 7) is 6.63. The number of benzene rings is 1. The smallest absolute Gasteiger partial charge is 0.160 e. The van der Waals surface area contributed by atoms with Gasteiger partial charge in [0.05, 0.1) is 11.4 Å². The molecule has 0 radical (unpaired) electrons. The molecule has 0 aliphatic heterocycles. The highest BCUT2D eigenvalue weighted by atomic mass is 16.6. The zero-order chi connectivity index (χ0) is 13.1. The third-order valence-electron chi connectivity index (χ3n) is 3.03. The molecule has 2 rings (SSSR count). The lowest BCUT2D eigenvalue weighted by Crippen LogP contribution is -2.16. The van der Waals surface area contributed by atoms with Crippen LogP contribution >= 0.6 is 0 Å². The number of fused-ring (bicyclic) bond motifs is 1. The summed E-state index contributed by atoms with van der Waals surface area (Å²) in [5.74, 6) is 0.717. The minimum Gasteiger partial charge on any atom is -0.397 e. The Labute approximate surface area is 107 Å². The van der Waals surface area contributed by atoms with Crippen molar-refractivity contribution < 1.29 is 4.63 Å². The molecule has 18 heavy (non-hydrogen) atoms. The zero-order valence-corrected chi connectivity index (χ0v) is 11.1. The number of nitrogen functional groups attached to an aromatic ring is 1. The van der Waals surface area contributed by atoms with E-state index in [-0.39, 0.29) is 0 Å². The fraction of sp³-hybridized carbons (Fsp3) is 0.538. The van der Waals surface area contributed by atoms with Crippen LogP contribution in [-0.4, -0.2) is 16.4 Å². The number of nitrogens with zero attached hydrogens (tertiary/aromatic N) is 2. The van der Waals surface area contributed by atoms with Crippen LogP contribution < -0.4 is 11.1 Å². The molecule has 0 saturated carbocycles. The van der Waals surface area contributed by atoms with Crippen LogP contribution in [0.1, 0.15) is 33.6 Å². The first-order valence-electron chi connectivity index (χ1n) is 6.35. The van der Waals surface area contributed by atoms with Crippen molar-refractivity contribution >= 4 is 22.4 Å². The van der Waals surface area contributed by atoms with Gasteiger partial charge < -0.3 is 11.1 Å². The lowest BCUT2D eigenvalue weighted by Gasteiger charge is -2.16. The molecule has 1 heterocycles. The minimum atomic E-state index is 0.385. The summed E-state index contributed by atoms with van der Waals surface area (Å²) >= 11 is 0. The van der Waals surface area contributed by atoms with Gasteiger partial charge in [0.2, 0.25) is 0 Å². The first-order valence-corrected chi connectivity index (χ1v) is 6.35. The van der Waals surface area contributed by atoms with Crippen LogP contribution in [0.15, 0.2) is 16.8 Å². The molecule has 0 saturated heterocycles. The number of nitrogens with two attached hydrogens (primary N) is 1. The lowest BCUT2D eigenvalue weighted by molar-refractivity contribution is 0.315. The first-order chi connectivity index (χ1) is 8.58. The van der Waals surface area contributed by atoms with Gasteiger partial charge in [-0.05, 0) is 48.1 Å². The Morgan fingerprint density at radius 3 is 2.61 bits per heavy atom. The van der Waals surface area contributed by atoms with Gasteiger partial charge in [-0.25, -0.2) is 4.63 Å². The highest BCUT2D eigenvalue weighted by Gasteiger charge is 2.12. The maximum atomic E-state index is 5.81. The van der Waals surface area contributed by atoms with Gasteiger partial charge in [-0.3, -0.25) is 0 Å². The highest BCUT2D eigenvalue weighted by Crippen LogP contribution is 2.26. The second-order valence-corrected chi connectivity index (χ2v) is 5.18. The molecule has 98 valence electrons. The Kier molecular flexibility index (Phi) is 3.69. The predicted molar refractivity (Wildman–Crippen MR) is 73.4 cm³/mol. The minimum absolute atomic E-state index is 0.385. The molecule has 0 amide bonds. The Balaban J connectivity index is 2.12. The number of hydrogen-bond acceptors (Lipinski definition) is 5. The Morgan fingerprint density at radius 1 is 1.17 bits per heavy atom. The van der Waals surface area contributed by atoms with Crippen molar-refractivity contribution in [1.29, 1.82) is 0 Å². The van der Waals surface area contributed by atoms with Gasteiger partial charge in [0.25, 0.3) is 0 Å². The van der Waals surface area contributed by atoms with Crippen molar-refractivity contribution in [1.82, 2.24) is 10.3 Å². The van der Waals surface area contributed by atoms with Gasteiger partial charge in [-0.2, -0.15) is 0 Å². The number of aromatic nitrogens is 2. The molecule has 0 fully saturated rings. The summed E-state index contributed by atoms with van der Waals surface area (Å²) in [4.78, 5) is 0. The molecule has 5 nitrogen and oxygen atoms in total. The third-order valence-corrected chi connectivity index (χ3v) is 3.03. The maximum absolute atomic E-state index is 5.81. The fourth-order valence-corrected chi connectivity index (χ4v) is 1.92. The van der Waals surface area contributed by atoms with Gasteiger partial charge in [0, 0.05) is 6.04 Å². The lowest BCUT2D eigenvalue weighted by atomic mass is 10.0. The van der Waals surface area contributed by atoms with Crippen LogP contribution in [0.2, 0.25) is 0 Å². The molecule has 2 aromatic rings. The normalized spacial score (nSPS) is 13.1. The molecule has 0 aliphatic carbocycles. The number of hydrogen-bond donors (Lipinski definition) is 2. The van der Waals surface area contributed by atoms with Gasteiger partial charge in [-0.15, -0.1) is 0 Å². The van der Waals surface area contributed by atoms with E-state index in [2.05, 4.69) is 36.4 Å². The number of nitrogens with one attached hydrogen (secondary N) is 1. The van der Waals surface area contributed by atoms with E-state index in [1.807, 2.05) is 12.1 Å². The molecule has 1 aromatic carbocycles. The topological polar surface area (TPSA) is 77.0 Å². The van der Waals surface area contributed by atoms with E-state index in [0.717, 1.165) is 18.0 Å². The third kappa shape index (κ3) is 2.72. The predicted octanol–water partition coefficient (Wildman–Crippen LogP) is 3.04.